The van der Waals surface area contributed by atoms with Gasteiger partial charge in [0.1, 0.15) is 0 Å². The number of halogens is 1. The Bertz CT molecular complexity index is 342. The monoisotopic (exact) mass is 226 g/mol. The summed E-state index contributed by atoms with van der Waals surface area (Å²) in [6.07, 6.45) is 0.869. The van der Waals surface area contributed by atoms with Crippen LogP contribution in [0.4, 0.5) is 4.39 Å². The number of benzene rings is 1. The van der Waals surface area contributed by atoms with Crippen LogP contribution in [0.3, 0.4) is 0 Å². The molecule has 3 heteroatoms. The fourth-order valence-electron chi connectivity index (χ4n) is 1.23. The second kappa shape index (κ2) is 5.30. The van der Waals surface area contributed by atoms with E-state index in [0.717, 1.165) is 6.42 Å². The first-order valence-electron chi connectivity index (χ1n) is 5.44. The Kier molecular flexibility index (Phi) is 4.30. The van der Waals surface area contributed by atoms with Gasteiger partial charge in [0.25, 0.3) is 0 Å². The SMILES string of the molecule is CC(C)(C)CCOc1ccc(CO)cc1F. The number of hydrogen-bond acceptors (Lipinski definition) is 2. The molecular weight excluding hydrogens is 207 g/mol. The van der Waals surface area contributed by atoms with Crippen LogP contribution in [0.2, 0.25) is 0 Å². The molecule has 2 nitrogen and oxygen atoms in total. The van der Waals surface area contributed by atoms with Gasteiger partial charge in [0.15, 0.2) is 11.6 Å². The van der Waals surface area contributed by atoms with Crippen LogP contribution >= 0.6 is 0 Å². The van der Waals surface area contributed by atoms with Crippen LogP contribution in [0, 0.1) is 11.2 Å². The van der Waals surface area contributed by atoms with Crippen LogP contribution < -0.4 is 4.74 Å². The highest BCUT2D eigenvalue weighted by Crippen LogP contribution is 2.22. The topological polar surface area (TPSA) is 29.5 Å². The highest BCUT2D eigenvalue weighted by Gasteiger charge is 2.11. The van der Waals surface area contributed by atoms with E-state index in [1.54, 1.807) is 12.1 Å². The van der Waals surface area contributed by atoms with Crippen molar-refractivity contribution >= 4 is 0 Å². The molecule has 0 radical (unpaired) electrons. The van der Waals surface area contributed by atoms with Crippen LogP contribution in [0.15, 0.2) is 18.2 Å². The fraction of sp³-hybridized carbons (Fsp3) is 0.538. The van der Waals surface area contributed by atoms with Crippen molar-refractivity contribution in [2.24, 2.45) is 5.41 Å². The molecule has 0 amide bonds. The fourth-order valence-corrected chi connectivity index (χ4v) is 1.23. The lowest BCUT2D eigenvalue weighted by Crippen LogP contribution is -2.11. The van der Waals surface area contributed by atoms with E-state index in [1.165, 1.54) is 6.07 Å². The molecule has 0 bridgehead atoms. The quantitative estimate of drug-likeness (QED) is 0.854. The van der Waals surface area contributed by atoms with Crippen molar-refractivity contribution in [1.82, 2.24) is 0 Å². The van der Waals surface area contributed by atoms with Crippen molar-refractivity contribution in [1.29, 1.82) is 0 Å². The third kappa shape index (κ3) is 4.19. The highest BCUT2D eigenvalue weighted by atomic mass is 19.1. The second-order valence-electron chi connectivity index (χ2n) is 5.08. The normalized spacial score (nSPS) is 11.6. The minimum Gasteiger partial charge on any atom is -0.490 e. The molecule has 0 heterocycles. The molecule has 90 valence electrons. The summed E-state index contributed by atoms with van der Waals surface area (Å²) < 4.78 is 18.8. The number of aliphatic hydroxyl groups excluding tert-OH is 1. The first-order chi connectivity index (χ1) is 7.42. The van der Waals surface area contributed by atoms with Gasteiger partial charge in [-0.15, -0.1) is 0 Å². The predicted molar refractivity (Wildman–Crippen MR) is 61.9 cm³/mol. The largest absolute Gasteiger partial charge is 0.490 e. The number of ether oxygens (including phenoxy) is 1. The lowest BCUT2D eigenvalue weighted by Gasteiger charge is -2.18. The maximum atomic E-state index is 13.4. The van der Waals surface area contributed by atoms with Crippen molar-refractivity contribution in [2.45, 2.75) is 33.8 Å². The molecule has 0 spiro atoms. The van der Waals surface area contributed by atoms with E-state index in [4.69, 9.17) is 9.84 Å². The molecule has 0 fully saturated rings. The second-order valence-corrected chi connectivity index (χ2v) is 5.08. The summed E-state index contributed by atoms with van der Waals surface area (Å²) in [6.45, 7) is 6.68. The smallest absolute Gasteiger partial charge is 0.165 e. The molecule has 0 aliphatic heterocycles. The van der Waals surface area contributed by atoms with Gasteiger partial charge >= 0.3 is 0 Å². The minimum atomic E-state index is -0.416. The Balaban J connectivity index is 2.55. The van der Waals surface area contributed by atoms with E-state index in [9.17, 15) is 4.39 Å². The zero-order chi connectivity index (χ0) is 12.2. The third-order valence-corrected chi connectivity index (χ3v) is 2.29. The van der Waals surface area contributed by atoms with Crippen molar-refractivity contribution in [3.63, 3.8) is 0 Å². The Morgan fingerprint density at radius 1 is 1.31 bits per heavy atom. The molecule has 1 aromatic carbocycles. The van der Waals surface area contributed by atoms with Crippen LogP contribution in [0.25, 0.3) is 0 Å². The van der Waals surface area contributed by atoms with Crippen molar-refractivity contribution in [3.05, 3.63) is 29.6 Å². The van der Waals surface area contributed by atoms with E-state index < -0.39 is 5.82 Å². The lowest BCUT2D eigenvalue weighted by atomic mass is 9.93. The number of aliphatic hydroxyl groups is 1. The van der Waals surface area contributed by atoms with E-state index in [-0.39, 0.29) is 17.8 Å². The molecule has 0 unspecified atom stereocenters. The van der Waals surface area contributed by atoms with Crippen molar-refractivity contribution in [2.75, 3.05) is 6.61 Å². The molecule has 16 heavy (non-hydrogen) atoms. The number of hydrogen-bond donors (Lipinski definition) is 1. The summed E-state index contributed by atoms with van der Waals surface area (Å²) in [6, 6.07) is 4.52. The Morgan fingerprint density at radius 3 is 2.50 bits per heavy atom. The first-order valence-corrected chi connectivity index (χ1v) is 5.44. The van der Waals surface area contributed by atoms with E-state index in [2.05, 4.69) is 20.8 Å². The Labute approximate surface area is 96.1 Å². The average Bonchev–Trinajstić information content (AvgIpc) is 2.18. The lowest BCUT2D eigenvalue weighted by molar-refractivity contribution is 0.234. The van der Waals surface area contributed by atoms with Crippen LogP contribution in [0.5, 0.6) is 5.75 Å². The predicted octanol–water partition coefficient (Wildman–Crippen LogP) is 3.13. The zero-order valence-corrected chi connectivity index (χ0v) is 10.1. The standard InChI is InChI=1S/C13H19FO2/c1-13(2,3)6-7-16-12-5-4-10(9-15)8-11(12)14/h4-5,8,15H,6-7,9H2,1-3H3. The molecule has 1 aromatic rings. The summed E-state index contributed by atoms with van der Waals surface area (Å²) in [5, 5.41) is 8.83. The molecule has 0 aliphatic rings. The Hall–Kier alpha value is -1.09. The van der Waals surface area contributed by atoms with Crippen LogP contribution in [0.1, 0.15) is 32.8 Å². The molecule has 1 rings (SSSR count). The Morgan fingerprint density at radius 2 is 2.00 bits per heavy atom. The summed E-state index contributed by atoms with van der Waals surface area (Å²) in [7, 11) is 0. The van der Waals surface area contributed by atoms with Crippen molar-refractivity contribution in [3.8, 4) is 5.75 Å². The van der Waals surface area contributed by atoms with Crippen LogP contribution in [-0.2, 0) is 6.61 Å². The van der Waals surface area contributed by atoms with Gasteiger partial charge in [0.2, 0.25) is 0 Å². The van der Waals surface area contributed by atoms with Crippen LogP contribution in [-0.4, -0.2) is 11.7 Å². The van der Waals surface area contributed by atoms with Crippen molar-refractivity contribution < 1.29 is 14.2 Å². The molecule has 0 saturated carbocycles. The summed E-state index contributed by atoms with van der Waals surface area (Å²) in [5.41, 5.74) is 0.738. The van der Waals surface area contributed by atoms with Gasteiger partial charge in [-0.3, -0.25) is 0 Å². The summed E-state index contributed by atoms with van der Waals surface area (Å²) >= 11 is 0. The van der Waals surface area contributed by atoms with Gasteiger partial charge < -0.3 is 9.84 Å². The molecular formula is C13H19FO2. The molecule has 0 saturated heterocycles. The molecule has 0 aromatic heterocycles. The van der Waals surface area contributed by atoms with E-state index in [0.29, 0.717) is 12.2 Å². The van der Waals surface area contributed by atoms with Gasteiger partial charge in [-0.1, -0.05) is 26.8 Å². The van der Waals surface area contributed by atoms with E-state index in [1.807, 2.05) is 0 Å². The van der Waals surface area contributed by atoms with Gasteiger partial charge in [-0.2, -0.15) is 0 Å². The van der Waals surface area contributed by atoms with Gasteiger partial charge in [0, 0.05) is 0 Å². The number of rotatable bonds is 4. The van der Waals surface area contributed by atoms with Gasteiger partial charge in [-0.05, 0) is 29.5 Å². The summed E-state index contributed by atoms with van der Waals surface area (Å²) in [5.74, 6) is -0.165. The van der Waals surface area contributed by atoms with E-state index >= 15 is 0 Å². The highest BCUT2D eigenvalue weighted by molar-refractivity contribution is 5.28. The first kappa shape index (κ1) is 13.0. The molecule has 0 aliphatic carbocycles. The van der Waals surface area contributed by atoms with Gasteiger partial charge in [0.05, 0.1) is 13.2 Å². The molecule has 1 N–H and O–H groups in total. The minimum absolute atomic E-state index is 0.154. The molecule has 0 atom stereocenters. The zero-order valence-electron chi connectivity index (χ0n) is 10.1. The average molecular weight is 226 g/mol. The maximum Gasteiger partial charge on any atom is 0.165 e. The maximum absolute atomic E-state index is 13.4. The summed E-state index contributed by atoms with van der Waals surface area (Å²) in [4.78, 5) is 0. The van der Waals surface area contributed by atoms with Gasteiger partial charge in [-0.25, -0.2) is 4.39 Å². The third-order valence-electron chi connectivity index (χ3n) is 2.29.